The van der Waals surface area contributed by atoms with Crippen molar-refractivity contribution in [2.75, 3.05) is 27.2 Å². The normalized spacial score (nSPS) is 30.6. The van der Waals surface area contributed by atoms with Gasteiger partial charge in [0.25, 0.3) is 0 Å². The molecular weight excluding hydrogens is 204 g/mol. The van der Waals surface area contributed by atoms with E-state index in [2.05, 4.69) is 30.8 Å². The first-order valence-corrected chi connectivity index (χ1v) is 5.97. The topological polar surface area (TPSA) is 43.8 Å². The van der Waals surface area contributed by atoms with Crippen molar-refractivity contribution >= 4 is 5.97 Å². The second-order valence-electron chi connectivity index (χ2n) is 5.33. The minimum atomic E-state index is -0.701. The molecule has 1 rings (SSSR count). The van der Waals surface area contributed by atoms with Gasteiger partial charge in [-0.1, -0.05) is 13.8 Å². The van der Waals surface area contributed by atoms with Crippen LogP contribution < -0.4 is 0 Å². The minimum absolute atomic E-state index is 0.116. The molecule has 1 fully saturated rings. The number of likely N-dealkylation sites (N-methyl/N-ethyl adjacent to an activating group) is 1. The molecule has 0 radical (unpaired) electrons. The molecule has 1 N–H and O–H groups in total. The maximum absolute atomic E-state index is 11.0. The van der Waals surface area contributed by atoms with Crippen molar-refractivity contribution < 1.29 is 9.90 Å². The Morgan fingerprint density at radius 3 is 2.31 bits per heavy atom. The van der Waals surface area contributed by atoms with E-state index in [1.54, 1.807) is 6.92 Å². The van der Waals surface area contributed by atoms with E-state index in [-0.39, 0.29) is 12.0 Å². The van der Waals surface area contributed by atoms with Crippen LogP contribution in [0.15, 0.2) is 0 Å². The molecule has 1 heterocycles. The maximum Gasteiger partial charge on any atom is 0.307 e. The lowest BCUT2D eigenvalue weighted by atomic mass is 10.0. The first kappa shape index (κ1) is 13.5. The summed E-state index contributed by atoms with van der Waals surface area (Å²) in [5.41, 5.74) is 0. The molecule has 1 aliphatic rings. The Morgan fingerprint density at radius 2 is 1.94 bits per heavy atom. The molecule has 0 amide bonds. The molecule has 4 unspecified atom stereocenters. The summed E-state index contributed by atoms with van der Waals surface area (Å²) in [7, 11) is 4.19. The smallest absolute Gasteiger partial charge is 0.307 e. The number of hydrogen-bond acceptors (Lipinski definition) is 3. The molecule has 4 nitrogen and oxygen atoms in total. The quantitative estimate of drug-likeness (QED) is 0.779. The van der Waals surface area contributed by atoms with Crippen LogP contribution in [0.5, 0.6) is 0 Å². The first-order valence-electron chi connectivity index (χ1n) is 5.97. The van der Waals surface area contributed by atoms with E-state index in [1.807, 2.05) is 6.92 Å². The van der Waals surface area contributed by atoms with Gasteiger partial charge in [-0.2, -0.15) is 0 Å². The standard InChI is InChI=1S/C12H24N2O2/c1-8-6-14(7-11(8)13(4)5)10(3)9(2)12(15)16/h8-11H,6-7H2,1-5H3,(H,15,16). The molecule has 0 aliphatic carbocycles. The van der Waals surface area contributed by atoms with Crippen molar-refractivity contribution in [3.8, 4) is 0 Å². The molecule has 4 atom stereocenters. The van der Waals surface area contributed by atoms with Gasteiger partial charge in [0.1, 0.15) is 0 Å². The van der Waals surface area contributed by atoms with Crippen molar-refractivity contribution in [3.63, 3.8) is 0 Å². The Bertz CT molecular complexity index is 255. The number of likely N-dealkylation sites (tertiary alicyclic amines) is 1. The number of carboxylic acids is 1. The van der Waals surface area contributed by atoms with Gasteiger partial charge in [0.2, 0.25) is 0 Å². The highest BCUT2D eigenvalue weighted by atomic mass is 16.4. The lowest BCUT2D eigenvalue weighted by Gasteiger charge is -2.28. The average Bonchev–Trinajstić information content (AvgIpc) is 2.58. The summed E-state index contributed by atoms with van der Waals surface area (Å²) < 4.78 is 0. The van der Waals surface area contributed by atoms with E-state index in [1.165, 1.54) is 0 Å². The van der Waals surface area contributed by atoms with E-state index in [0.717, 1.165) is 13.1 Å². The van der Waals surface area contributed by atoms with Crippen molar-refractivity contribution in [2.24, 2.45) is 11.8 Å². The second kappa shape index (κ2) is 5.15. The molecule has 0 spiro atoms. The highest BCUT2D eigenvalue weighted by Crippen LogP contribution is 2.24. The van der Waals surface area contributed by atoms with Crippen LogP contribution in [0, 0.1) is 11.8 Å². The van der Waals surface area contributed by atoms with Gasteiger partial charge in [0.15, 0.2) is 0 Å². The van der Waals surface area contributed by atoms with E-state index in [0.29, 0.717) is 12.0 Å². The Balaban J connectivity index is 2.61. The lowest BCUT2D eigenvalue weighted by Crippen LogP contribution is -2.41. The number of aliphatic carboxylic acids is 1. The molecule has 0 aromatic heterocycles. The summed E-state index contributed by atoms with van der Waals surface area (Å²) in [6.45, 7) is 8.03. The van der Waals surface area contributed by atoms with Gasteiger partial charge in [0, 0.05) is 25.2 Å². The van der Waals surface area contributed by atoms with Crippen LogP contribution in [0.3, 0.4) is 0 Å². The Kier molecular flexibility index (Phi) is 4.33. The first-order chi connectivity index (χ1) is 7.34. The monoisotopic (exact) mass is 228 g/mol. The molecule has 1 aliphatic heterocycles. The Labute approximate surface area is 98.2 Å². The van der Waals surface area contributed by atoms with Crippen molar-refractivity contribution in [1.29, 1.82) is 0 Å². The minimum Gasteiger partial charge on any atom is -0.481 e. The number of rotatable bonds is 4. The zero-order valence-corrected chi connectivity index (χ0v) is 11.0. The summed E-state index contributed by atoms with van der Waals surface area (Å²) in [6.07, 6.45) is 0. The van der Waals surface area contributed by atoms with E-state index in [4.69, 9.17) is 5.11 Å². The van der Waals surface area contributed by atoms with Gasteiger partial charge >= 0.3 is 5.97 Å². The predicted molar refractivity (Wildman–Crippen MR) is 64.5 cm³/mol. The van der Waals surface area contributed by atoms with E-state index >= 15 is 0 Å². The van der Waals surface area contributed by atoms with Crippen LogP contribution >= 0.6 is 0 Å². The summed E-state index contributed by atoms with van der Waals surface area (Å²) >= 11 is 0. The van der Waals surface area contributed by atoms with Gasteiger partial charge in [-0.3, -0.25) is 9.69 Å². The molecular formula is C12H24N2O2. The van der Waals surface area contributed by atoms with Crippen LogP contribution in [0.4, 0.5) is 0 Å². The fourth-order valence-electron chi connectivity index (χ4n) is 2.51. The number of hydrogen-bond donors (Lipinski definition) is 1. The third kappa shape index (κ3) is 2.74. The van der Waals surface area contributed by atoms with Crippen molar-refractivity contribution in [3.05, 3.63) is 0 Å². The van der Waals surface area contributed by atoms with Gasteiger partial charge in [-0.05, 0) is 26.9 Å². The third-order valence-electron chi connectivity index (χ3n) is 3.95. The molecule has 0 bridgehead atoms. The van der Waals surface area contributed by atoms with E-state index in [9.17, 15) is 4.79 Å². The Hall–Kier alpha value is -0.610. The molecule has 0 aromatic rings. The summed E-state index contributed by atoms with van der Waals surface area (Å²) in [6, 6.07) is 0.661. The van der Waals surface area contributed by atoms with Crippen LogP contribution in [-0.4, -0.2) is 60.1 Å². The highest BCUT2D eigenvalue weighted by molar-refractivity contribution is 5.70. The molecule has 16 heavy (non-hydrogen) atoms. The van der Waals surface area contributed by atoms with Crippen LogP contribution in [-0.2, 0) is 4.79 Å². The molecule has 1 saturated heterocycles. The highest BCUT2D eigenvalue weighted by Gasteiger charge is 2.36. The Morgan fingerprint density at radius 1 is 1.38 bits per heavy atom. The van der Waals surface area contributed by atoms with Gasteiger partial charge in [0.05, 0.1) is 5.92 Å². The molecule has 0 aromatic carbocycles. The largest absolute Gasteiger partial charge is 0.481 e. The molecule has 0 saturated carbocycles. The zero-order chi connectivity index (χ0) is 12.5. The van der Waals surface area contributed by atoms with Crippen LogP contribution in [0.2, 0.25) is 0 Å². The molecule has 94 valence electrons. The molecule has 4 heteroatoms. The number of carboxylic acid groups (broad SMARTS) is 1. The fourth-order valence-corrected chi connectivity index (χ4v) is 2.51. The average molecular weight is 228 g/mol. The summed E-state index contributed by atoms with van der Waals surface area (Å²) in [4.78, 5) is 15.5. The van der Waals surface area contributed by atoms with Crippen LogP contribution in [0.25, 0.3) is 0 Å². The maximum atomic E-state index is 11.0. The predicted octanol–water partition coefficient (Wildman–Crippen LogP) is 0.977. The van der Waals surface area contributed by atoms with Gasteiger partial charge in [-0.15, -0.1) is 0 Å². The summed E-state index contributed by atoms with van der Waals surface area (Å²) in [5, 5.41) is 9.02. The summed E-state index contributed by atoms with van der Waals surface area (Å²) in [5.74, 6) is -0.389. The number of nitrogens with zero attached hydrogens (tertiary/aromatic N) is 2. The fraction of sp³-hybridized carbons (Fsp3) is 0.917. The SMILES string of the molecule is CC1CN(C(C)C(C)C(=O)O)CC1N(C)C. The lowest BCUT2D eigenvalue weighted by molar-refractivity contribution is -0.143. The number of carbonyl (C=O) groups is 1. The van der Waals surface area contributed by atoms with Crippen molar-refractivity contribution in [1.82, 2.24) is 9.80 Å². The van der Waals surface area contributed by atoms with Crippen molar-refractivity contribution in [2.45, 2.75) is 32.9 Å². The van der Waals surface area contributed by atoms with E-state index < -0.39 is 5.97 Å². The third-order valence-corrected chi connectivity index (χ3v) is 3.95. The second-order valence-corrected chi connectivity index (χ2v) is 5.33. The van der Waals surface area contributed by atoms with Gasteiger partial charge in [-0.25, -0.2) is 0 Å². The van der Waals surface area contributed by atoms with Crippen LogP contribution in [0.1, 0.15) is 20.8 Å². The van der Waals surface area contributed by atoms with Gasteiger partial charge < -0.3 is 10.0 Å². The zero-order valence-electron chi connectivity index (χ0n) is 11.0.